The molecule has 0 saturated heterocycles. The maximum absolute atomic E-state index is 13.3. The number of hydrogen-bond donors (Lipinski definition) is 0. The topological polar surface area (TPSA) is 12.4 Å². The van der Waals surface area contributed by atoms with Gasteiger partial charge in [-0.25, -0.2) is 4.39 Å². The molecule has 0 atom stereocenters. The summed E-state index contributed by atoms with van der Waals surface area (Å²) in [5.41, 5.74) is 4.57. The van der Waals surface area contributed by atoms with Crippen LogP contribution in [0.3, 0.4) is 0 Å². The second-order valence-electron chi connectivity index (χ2n) is 5.50. The molecule has 0 unspecified atom stereocenters. The number of aliphatic imine (C=N–C) groups is 1. The molecule has 0 spiro atoms. The third-order valence-corrected chi connectivity index (χ3v) is 3.45. The van der Waals surface area contributed by atoms with Crippen LogP contribution in [-0.4, -0.2) is 5.71 Å². The molecule has 0 fully saturated rings. The molecule has 0 saturated carbocycles. The highest BCUT2D eigenvalue weighted by Crippen LogP contribution is 2.28. The predicted molar refractivity (Wildman–Crippen MR) is 74.6 cm³/mol. The van der Waals surface area contributed by atoms with E-state index in [0.29, 0.717) is 11.8 Å². The summed E-state index contributed by atoms with van der Waals surface area (Å²) in [5, 5.41) is 0. The molecule has 1 aliphatic heterocycles. The molecule has 1 aromatic rings. The molecule has 0 radical (unpaired) electrons. The van der Waals surface area contributed by atoms with Gasteiger partial charge in [0.2, 0.25) is 0 Å². The van der Waals surface area contributed by atoms with Crippen LogP contribution in [0.4, 0.5) is 4.39 Å². The lowest BCUT2D eigenvalue weighted by atomic mass is 9.91. The van der Waals surface area contributed by atoms with Crippen molar-refractivity contribution < 1.29 is 4.39 Å². The van der Waals surface area contributed by atoms with Crippen LogP contribution in [0.25, 0.3) is 0 Å². The van der Waals surface area contributed by atoms with E-state index in [1.54, 1.807) is 6.07 Å². The Bertz CT molecular complexity index is 510. The minimum atomic E-state index is -0.168. The Kier molecular flexibility index (Phi) is 3.65. The molecule has 0 aliphatic carbocycles. The van der Waals surface area contributed by atoms with Crippen molar-refractivity contribution in [2.24, 2.45) is 10.9 Å². The van der Waals surface area contributed by atoms with E-state index in [1.807, 2.05) is 12.3 Å². The fraction of sp³-hybridized carbons (Fsp3) is 0.438. The van der Waals surface area contributed by atoms with Crippen LogP contribution in [0.1, 0.15) is 51.2 Å². The molecule has 18 heavy (non-hydrogen) atoms. The number of allylic oxidation sites excluding steroid dienone is 1. The number of hydrogen-bond acceptors (Lipinski definition) is 1. The van der Waals surface area contributed by atoms with Gasteiger partial charge in [-0.1, -0.05) is 27.7 Å². The highest BCUT2D eigenvalue weighted by Gasteiger charge is 2.18. The molecule has 0 amide bonds. The van der Waals surface area contributed by atoms with Gasteiger partial charge in [-0.2, -0.15) is 0 Å². The van der Waals surface area contributed by atoms with E-state index in [4.69, 9.17) is 0 Å². The van der Waals surface area contributed by atoms with Gasteiger partial charge >= 0.3 is 0 Å². The standard InChI is InChI=1S/C16H20FN/c1-10(2)12-7-16(18-9-12)14-6-5-13(17)8-15(14)11(3)4/h5-6,8-11H,7H2,1-4H3. The molecule has 0 bridgehead atoms. The quantitative estimate of drug-likeness (QED) is 0.733. The zero-order chi connectivity index (χ0) is 13.3. The van der Waals surface area contributed by atoms with Gasteiger partial charge in [-0.3, -0.25) is 4.99 Å². The van der Waals surface area contributed by atoms with Gasteiger partial charge < -0.3 is 0 Å². The van der Waals surface area contributed by atoms with Crippen molar-refractivity contribution in [2.45, 2.75) is 40.0 Å². The van der Waals surface area contributed by atoms with E-state index >= 15 is 0 Å². The summed E-state index contributed by atoms with van der Waals surface area (Å²) in [4.78, 5) is 4.51. The monoisotopic (exact) mass is 245 g/mol. The highest BCUT2D eigenvalue weighted by atomic mass is 19.1. The Hall–Kier alpha value is -1.44. The van der Waals surface area contributed by atoms with E-state index in [0.717, 1.165) is 23.3 Å². The number of nitrogens with zero attached hydrogens (tertiary/aromatic N) is 1. The van der Waals surface area contributed by atoms with E-state index in [2.05, 4.69) is 32.7 Å². The summed E-state index contributed by atoms with van der Waals surface area (Å²) in [6, 6.07) is 5.02. The first-order valence-corrected chi connectivity index (χ1v) is 6.54. The van der Waals surface area contributed by atoms with Crippen LogP contribution in [0.15, 0.2) is 35.0 Å². The second-order valence-corrected chi connectivity index (χ2v) is 5.50. The Morgan fingerprint density at radius 3 is 2.39 bits per heavy atom. The van der Waals surface area contributed by atoms with Crippen molar-refractivity contribution in [3.05, 3.63) is 46.9 Å². The smallest absolute Gasteiger partial charge is 0.123 e. The van der Waals surface area contributed by atoms with Gasteiger partial charge in [0, 0.05) is 12.6 Å². The van der Waals surface area contributed by atoms with Crippen molar-refractivity contribution in [3.8, 4) is 0 Å². The van der Waals surface area contributed by atoms with Crippen LogP contribution in [0, 0.1) is 11.7 Å². The van der Waals surface area contributed by atoms with Crippen molar-refractivity contribution >= 4 is 5.71 Å². The van der Waals surface area contributed by atoms with Crippen LogP contribution >= 0.6 is 0 Å². The Morgan fingerprint density at radius 1 is 1.11 bits per heavy atom. The summed E-state index contributed by atoms with van der Waals surface area (Å²) >= 11 is 0. The molecule has 0 N–H and O–H groups in total. The molecule has 1 aliphatic rings. The van der Waals surface area contributed by atoms with Crippen LogP contribution < -0.4 is 0 Å². The SMILES string of the molecule is CC(C)C1=CN=C(c2ccc(F)cc2C(C)C)C1. The summed E-state index contributed by atoms with van der Waals surface area (Å²) in [5.74, 6) is 0.661. The maximum Gasteiger partial charge on any atom is 0.123 e. The lowest BCUT2D eigenvalue weighted by Crippen LogP contribution is -2.06. The first-order valence-electron chi connectivity index (χ1n) is 6.54. The zero-order valence-corrected chi connectivity index (χ0v) is 11.5. The minimum Gasteiger partial charge on any atom is -0.260 e. The first-order chi connectivity index (χ1) is 8.49. The van der Waals surface area contributed by atoms with Crippen molar-refractivity contribution in [3.63, 3.8) is 0 Å². The summed E-state index contributed by atoms with van der Waals surface area (Å²) < 4.78 is 13.3. The maximum atomic E-state index is 13.3. The fourth-order valence-corrected chi connectivity index (χ4v) is 2.24. The number of benzene rings is 1. The lowest BCUT2D eigenvalue weighted by Gasteiger charge is -2.14. The van der Waals surface area contributed by atoms with Gasteiger partial charge in [-0.05, 0) is 46.7 Å². The van der Waals surface area contributed by atoms with E-state index in [9.17, 15) is 4.39 Å². The van der Waals surface area contributed by atoms with Gasteiger partial charge in [-0.15, -0.1) is 0 Å². The summed E-state index contributed by atoms with van der Waals surface area (Å²) in [6.45, 7) is 8.53. The third kappa shape index (κ3) is 2.53. The van der Waals surface area contributed by atoms with E-state index < -0.39 is 0 Å². The Morgan fingerprint density at radius 2 is 1.83 bits per heavy atom. The molecule has 1 aromatic carbocycles. The minimum absolute atomic E-state index is 0.168. The van der Waals surface area contributed by atoms with Crippen molar-refractivity contribution in [1.82, 2.24) is 0 Å². The molecule has 1 nitrogen and oxygen atoms in total. The molecule has 0 aromatic heterocycles. The predicted octanol–water partition coefficient (Wildman–Crippen LogP) is 4.68. The van der Waals surface area contributed by atoms with E-state index in [1.165, 1.54) is 11.6 Å². The normalized spacial score (nSPS) is 15.3. The van der Waals surface area contributed by atoms with Crippen LogP contribution in [0.5, 0.6) is 0 Å². The molecule has 2 heteroatoms. The van der Waals surface area contributed by atoms with Gasteiger partial charge in [0.25, 0.3) is 0 Å². The van der Waals surface area contributed by atoms with Crippen molar-refractivity contribution in [1.29, 1.82) is 0 Å². The number of halogens is 1. The van der Waals surface area contributed by atoms with Gasteiger partial charge in [0.15, 0.2) is 0 Å². The fourth-order valence-electron chi connectivity index (χ4n) is 2.24. The average Bonchev–Trinajstić information content (AvgIpc) is 2.78. The molecule has 96 valence electrons. The molecular formula is C16H20FN. The Labute approximate surface area is 108 Å². The largest absolute Gasteiger partial charge is 0.260 e. The number of rotatable bonds is 3. The zero-order valence-electron chi connectivity index (χ0n) is 11.5. The average molecular weight is 245 g/mol. The lowest BCUT2D eigenvalue weighted by molar-refractivity contribution is 0.623. The first kappa shape index (κ1) is 13.0. The van der Waals surface area contributed by atoms with Crippen LogP contribution in [-0.2, 0) is 0 Å². The summed E-state index contributed by atoms with van der Waals surface area (Å²) in [6.07, 6.45) is 2.86. The highest BCUT2D eigenvalue weighted by molar-refractivity contribution is 6.05. The van der Waals surface area contributed by atoms with Crippen molar-refractivity contribution in [2.75, 3.05) is 0 Å². The Balaban J connectivity index is 2.32. The van der Waals surface area contributed by atoms with Gasteiger partial charge in [0.1, 0.15) is 5.82 Å². The molecular weight excluding hydrogens is 225 g/mol. The van der Waals surface area contributed by atoms with E-state index in [-0.39, 0.29) is 5.82 Å². The molecule has 1 heterocycles. The second kappa shape index (κ2) is 5.05. The van der Waals surface area contributed by atoms with Gasteiger partial charge in [0.05, 0.1) is 5.71 Å². The van der Waals surface area contributed by atoms with Crippen LogP contribution in [0.2, 0.25) is 0 Å². The summed E-state index contributed by atoms with van der Waals surface area (Å²) in [7, 11) is 0. The third-order valence-electron chi connectivity index (χ3n) is 3.45. The molecule has 2 rings (SSSR count).